The van der Waals surface area contributed by atoms with Gasteiger partial charge in [0.25, 0.3) is 0 Å². The van der Waals surface area contributed by atoms with Crippen LogP contribution < -0.4 is 10.6 Å². The van der Waals surface area contributed by atoms with E-state index in [4.69, 9.17) is 4.52 Å². The van der Waals surface area contributed by atoms with E-state index < -0.39 is 0 Å². The molecule has 8 heteroatoms. The average Bonchev–Trinajstić information content (AvgIpc) is 2.92. The molecule has 0 aliphatic rings. The molecular formula is C15H21FIN5O. The van der Waals surface area contributed by atoms with Crippen LogP contribution in [0.1, 0.15) is 24.2 Å². The number of nitrogens with one attached hydrogen (secondary N) is 2. The Morgan fingerprint density at radius 1 is 1.26 bits per heavy atom. The minimum atomic E-state index is -0.243. The van der Waals surface area contributed by atoms with Gasteiger partial charge in [-0.2, -0.15) is 4.98 Å². The maximum absolute atomic E-state index is 12.9. The molecule has 0 aliphatic heterocycles. The lowest BCUT2D eigenvalue weighted by Gasteiger charge is -2.10. The molecule has 6 nitrogen and oxygen atoms in total. The molecule has 0 saturated carbocycles. The molecule has 23 heavy (non-hydrogen) atoms. The van der Waals surface area contributed by atoms with Crippen LogP contribution in [-0.4, -0.2) is 29.2 Å². The van der Waals surface area contributed by atoms with Crippen molar-refractivity contribution in [2.24, 2.45) is 4.99 Å². The van der Waals surface area contributed by atoms with E-state index >= 15 is 0 Å². The second-order valence-electron chi connectivity index (χ2n) is 4.73. The average molecular weight is 433 g/mol. The highest BCUT2D eigenvalue weighted by Crippen LogP contribution is 2.03. The van der Waals surface area contributed by atoms with Gasteiger partial charge < -0.3 is 15.2 Å². The number of aryl methyl sites for hydroxylation is 1. The molecule has 2 rings (SSSR count). The summed E-state index contributed by atoms with van der Waals surface area (Å²) in [6.07, 6.45) is 0.627. The van der Waals surface area contributed by atoms with Crippen molar-refractivity contribution in [2.75, 3.05) is 13.1 Å². The van der Waals surface area contributed by atoms with Crippen molar-refractivity contribution in [3.63, 3.8) is 0 Å². The molecule has 1 aromatic heterocycles. The molecule has 1 heterocycles. The molecule has 0 saturated heterocycles. The van der Waals surface area contributed by atoms with E-state index in [1.54, 1.807) is 19.1 Å². The third kappa shape index (κ3) is 6.93. The molecule has 0 aliphatic carbocycles. The lowest BCUT2D eigenvalue weighted by atomic mass is 10.2. The van der Waals surface area contributed by atoms with Crippen LogP contribution in [0.15, 0.2) is 33.8 Å². The zero-order valence-electron chi connectivity index (χ0n) is 13.2. The highest BCUT2D eigenvalue weighted by atomic mass is 127. The monoisotopic (exact) mass is 433 g/mol. The molecule has 126 valence electrons. The van der Waals surface area contributed by atoms with Crippen LogP contribution in [0.2, 0.25) is 0 Å². The van der Waals surface area contributed by atoms with Gasteiger partial charge in [-0.1, -0.05) is 17.3 Å². The Hall–Kier alpha value is -1.71. The fourth-order valence-electron chi connectivity index (χ4n) is 1.83. The first-order valence-electron chi connectivity index (χ1n) is 7.23. The van der Waals surface area contributed by atoms with Gasteiger partial charge in [-0.3, -0.25) is 0 Å². The summed E-state index contributed by atoms with van der Waals surface area (Å²) in [6.45, 7) is 5.66. The van der Waals surface area contributed by atoms with Crippen molar-refractivity contribution >= 4 is 29.9 Å². The summed E-state index contributed by atoms with van der Waals surface area (Å²) in [7, 11) is 0. The highest BCUT2D eigenvalue weighted by Gasteiger charge is 2.03. The van der Waals surface area contributed by atoms with Gasteiger partial charge in [0, 0.05) is 19.5 Å². The second-order valence-corrected chi connectivity index (χ2v) is 4.73. The third-order valence-electron chi connectivity index (χ3n) is 2.88. The molecule has 0 atom stereocenters. The number of rotatable bonds is 6. The molecule has 0 spiro atoms. The van der Waals surface area contributed by atoms with Crippen LogP contribution in [0.5, 0.6) is 0 Å². The summed E-state index contributed by atoms with van der Waals surface area (Å²) in [5.41, 5.74) is 0.950. The third-order valence-corrected chi connectivity index (χ3v) is 2.88. The van der Waals surface area contributed by atoms with Crippen molar-refractivity contribution in [3.05, 3.63) is 47.4 Å². The largest absolute Gasteiger partial charge is 0.357 e. The molecule has 0 unspecified atom stereocenters. The summed E-state index contributed by atoms with van der Waals surface area (Å²) in [6, 6.07) is 6.32. The minimum absolute atomic E-state index is 0. The lowest BCUT2D eigenvalue weighted by molar-refractivity contribution is 0.374. The summed E-state index contributed by atoms with van der Waals surface area (Å²) in [5, 5.41) is 10.1. The van der Waals surface area contributed by atoms with Crippen LogP contribution in [0.25, 0.3) is 0 Å². The number of aromatic nitrogens is 2. The van der Waals surface area contributed by atoms with Gasteiger partial charge in [0.05, 0.1) is 6.54 Å². The summed E-state index contributed by atoms with van der Waals surface area (Å²) < 4.78 is 17.9. The van der Waals surface area contributed by atoms with Crippen molar-refractivity contribution in [3.8, 4) is 0 Å². The first-order valence-corrected chi connectivity index (χ1v) is 7.23. The van der Waals surface area contributed by atoms with Crippen molar-refractivity contribution in [1.29, 1.82) is 0 Å². The smallest absolute Gasteiger partial charge is 0.228 e. The highest BCUT2D eigenvalue weighted by molar-refractivity contribution is 14.0. The van der Waals surface area contributed by atoms with E-state index in [9.17, 15) is 4.39 Å². The van der Waals surface area contributed by atoms with Gasteiger partial charge in [-0.15, -0.1) is 24.0 Å². The van der Waals surface area contributed by atoms with Crippen molar-refractivity contribution < 1.29 is 8.91 Å². The Morgan fingerprint density at radius 2 is 2.00 bits per heavy atom. The fraction of sp³-hybridized carbons (Fsp3) is 0.400. The van der Waals surface area contributed by atoms with Crippen LogP contribution in [0.4, 0.5) is 4.39 Å². The Kier molecular flexibility index (Phi) is 8.52. The molecule has 0 fully saturated rings. The van der Waals surface area contributed by atoms with Gasteiger partial charge in [0.1, 0.15) is 5.82 Å². The van der Waals surface area contributed by atoms with Crippen LogP contribution >= 0.6 is 24.0 Å². The Balaban J connectivity index is 0.00000264. The molecular weight excluding hydrogens is 412 g/mol. The number of aliphatic imine (C=N–C) groups is 1. The molecule has 0 radical (unpaired) electrons. The molecule has 0 bridgehead atoms. The summed E-state index contributed by atoms with van der Waals surface area (Å²) in [4.78, 5) is 8.60. The zero-order chi connectivity index (χ0) is 15.8. The van der Waals surface area contributed by atoms with Gasteiger partial charge in [0.15, 0.2) is 11.8 Å². The Labute approximate surface area is 152 Å². The van der Waals surface area contributed by atoms with Crippen LogP contribution in [-0.2, 0) is 13.0 Å². The Bertz CT molecular complexity index is 615. The number of nitrogens with zero attached hydrogens (tertiary/aromatic N) is 3. The van der Waals surface area contributed by atoms with E-state index in [-0.39, 0.29) is 29.8 Å². The SMILES string of the molecule is CCNC(=NCc1ccc(F)cc1)NCCc1nc(C)no1.I. The van der Waals surface area contributed by atoms with Crippen LogP contribution in [0.3, 0.4) is 0 Å². The number of halogens is 2. The maximum Gasteiger partial charge on any atom is 0.228 e. The molecule has 0 amide bonds. The quantitative estimate of drug-likeness (QED) is 0.416. The first-order chi connectivity index (χ1) is 10.7. The van der Waals surface area contributed by atoms with E-state index in [0.29, 0.717) is 37.2 Å². The van der Waals surface area contributed by atoms with E-state index in [1.807, 2.05) is 6.92 Å². The lowest BCUT2D eigenvalue weighted by Crippen LogP contribution is -2.38. The fourth-order valence-corrected chi connectivity index (χ4v) is 1.83. The summed E-state index contributed by atoms with van der Waals surface area (Å²) >= 11 is 0. The number of guanidine groups is 1. The normalized spacial score (nSPS) is 11.0. The van der Waals surface area contributed by atoms with Gasteiger partial charge in [0.2, 0.25) is 5.89 Å². The summed E-state index contributed by atoms with van der Waals surface area (Å²) in [5.74, 6) is 1.68. The maximum atomic E-state index is 12.9. The van der Waals surface area contributed by atoms with Crippen molar-refractivity contribution in [2.45, 2.75) is 26.8 Å². The van der Waals surface area contributed by atoms with Gasteiger partial charge >= 0.3 is 0 Å². The molecule has 2 aromatic rings. The molecule has 2 N–H and O–H groups in total. The number of hydrogen-bond acceptors (Lipinski definition) is 4. The minimum Gasteiger partial charge on any atom is -0.357 e. The van der Waals surface area contributed by atoms with Crippen LogP contribution in [0, 0.1) is 12.7 Å². The standard InChI is InChI=1S/C15H20FN5O.HI/c1-3-17-15(18-9-8-14-20-11(2)21-22-14)19-10-12-4-6-13(16)7-5-12;/h4-7H,3,8-10H2,1-2H3,(H2,17,18,19);1H. The predicted octanol–water partition coefficient (Wildman–Crippen LogP) is 2.43. The predicted molar refractivity (Wildman–Crippen MR) is 97.4 cm³/mol. The first kappa shape index (κ1) is 19.3. The van der Waals surface area contributed by atoms with Crippen molar-refractivity contribution in [1.82, 2.24) is 20.8 Å². The topological polar surface area (TPSA) is 75.3 Å². The second kappa shape index (κ2) is 10.1. The number of benzene rings is 1. The van der Waals surface area contributed by atoms with E-state index in [1.165, 1.54) is 12.1 Å². The number of hydrogen-bond donors (Lipinski definition) is 2. The Morgan fingerprint density at radius 3 is 2.61 bits per heavy atom. The van der Waals surface area contributed by atoms with E-state index in [2.05, 4.69) is 25.8 Å². The van der Waals surface area contributed by atoms with E-state index in [0.717, 1.165) is 12.1 Å². The zero-order valence-corrected chi connectivity index (χ0v) is 15.5. The molecule has 1 aromatic carbocycles. The van der Waals surface area contributed by atoms with Gasteiger partial charge in [-0.25, -0.2) is 9.38 Å². The van der Waals surface area contributed by atoms with Gasteiger partial charge in [-0.05, 0) is 31.5 Å².